The van der Waals surface area contributed by atoms with Crippen molar-refractivity contribution in [3.63, 3.8) is 0 Å². The summed E-state index contributed by atoms with van der Waals surface area (Å²) in [6.45, 7) is 4.47. The van der Waals surface area contributed by atoms with E-state index in [0.29, 0.717) is 12.1 Å². The van der Waals surface area contributed by atoms with Crippen molar-refractivity contribution in [2.24, 2.45) is 0 Å². The van der Waals surface area contributed by atoms with Crippen LogP contribution in [0.15, 0.2) is 35.7 Å². The van der Waals surface area contributed by atoms with Crippen molar-refractivity contribution in [2.45, 2.75) is 26.4 Å². The molecule has 0 aliphatic rings. The SMILES string of the molecule is Cc1ccc(CNC(C)c2cccs2)cc1[N+](=O)[O-]. The number of rotatable bonds is 5. The lowest BCUT2D eigenvalue weighted by molar-refractivity contribution is -0.385. The highest BCUT2D eigenvalue weighted by atomic mass is 32.1. The number of hydrogen-bond donors (Lipinski definition) is 1. The summed E-state index contributed by atoms with van der Waals surface area (Å²) in [5.41, 5.74) is 1.81. The highest BCUT2D eigenvalue weighted by Crippen LogP contribution is 2.21. The van der Waals surface area contributed by atoms with Crippen LogP contribution in [-0.4, -0.2) is 4.92 Å². The Balaban J connectivity index is 2.04. The van der Waals surface area contributed by atoms with E-state index in [1.54, 1.807) is 30.4 Å². The Kier molecular flexibility index (Phi) is 4.29. The van der Waals surface area contributed by atoms with Crippen molar-refractivity contribution in [3.05, 3.63) is 61.8 Å². The molecule has 4 nitrogen and oxygen atoms in total. The van der Waals surface area contributed by atoms with E-state index in [9.17, 15) is 10.1 Å². The highest BCUT2D eigenvalue weighted by molar-refractivity contribution is 7.10. The molecule has 1 unspecified atom stereocenters. The fourth-order valence-corrected chi connectivity index (χ4v) is 2.63. The third kappa shape index (κ3) is 3.39. The van der Waals surface area contributed by atoms with Crippen LogP contribution in [0, 0.1) is 17.0 Å². The summed E-state index contributed by atoms with van der Waals surface area (Å²) in [5.74, 6) is 0. The van der Waals surface area contributed by atoms with Crippen LogP contribution in [0.4, 0.5) is 5.69 Å². The summed E-state index contributed by atoms with van der Waals surface area (Å²) in [5, 5.41) is 16.3. The minimum atomic E-state index is -0.332. The summed E-state index contributed by atoms with van der Waals surface area (Å²) in [4.78, 5) is 11.8. The molecule has 0 bridgehead atoms. The molecule has 1 atom stereocenters. The molecule has 19 heavy (non-hydrogen) atoms. The van der Waals surface area contributed by atoms with Gasteiger partial charge in [0.05, 0.1) is 4.92 Å². The summed E-state index contributed by atoms with van der Waals surface area (Å²) in [6, 6.07) is 9.72. The molecule has 1 aromatic heterocycles. The number of nitro benzene ring substituents is 1. The summed E-state index contributed by atoms with van der Waals surface area (Å²) < 4.78 is 0. The molecular formula is C14H16N2O2S. The van der Waals surface area contributed by atoms with Crippen molar-refractivity contribution >= 4 is 17.0 Å². The first-order valence-electron chi connectivity index (χ1n) is 6.08. The van der Waals surface area contributed by atoms with E-state index in [0.717, 1.165) is 5.56 Å². The molecule has 5 heteroatoms. The molecule has 2 aromatic rings. The van der Waals surface area contributed by atoms with Crippen molar-refractivity contribution in [2.75, 3.05) is 0 Å². The van der Waals surface area contributed by atoms with Crippen molar-refractivity contribution < 1.29 is 4.92 Å². The number of thiophene rings is 1. The number of aryl methyl sites for hydroxylation is 1. The minimum absolute atomic E-state index is 0.183. The number of nitrogens with zero attached hydrogens (tertiary/aromatic N) is 1. The second-order valence-corrected chi connectivity index (χ2v) is 5.48. The average Bonchev–Trinajstić information content (AvgIpc) is 2.91. The Morgan fingerprint density at radius 1 is 1.42 bits per heavy atom. The van der Waals surface area contributed by atoms with Gasteiger partial charge in [-0.25, -0.2) is 0 Å². The van der Waals surface area contributed by atoms with Crippen molar-refractivity contribution in [1.82, 2.24) is 5.32 Å². The van der Waals surface area contributed by atoms with Crippen molar-refractivity contribution in [1.29, 1.82) is 0 Å². The van der Waals surface area contributed by atoms with Crippen LogP contribution in [0.2, 0.25) is 0 Å². The Morgan fingerprint density at radius 2 is 2.21 bits per heavy atom. The highest BCUT2D eigenvalue weighted by Gasteiger charge is 2.11. The van der Waals surface area contributed by atoms with Crippen LogP contribution in [0.5, 0.6) is 0 Å². The lowest BCUT2D eigenvalue weighted by Gasteiger charge is -2.12. The lowest BCUT2D eigenvalue weighted by atomic mass is 10.1. The fourth-order valence-electron chi connectivity index (χ4n) is 1.87. The van der Waals surface area contributed by atoms with E-state index in [2.05, 4.69) is 18.3 Å². The fraction of sp³-hybridized carbons (Fsp3) is 0.286. The lowest BCUT2D eigenvalue weighted by Crippen LogP contribution is -2.17. The van der Waals surface area contributed by atoms with E-state index >= 15 is 0 Å². The third-order valence-electron chi connectivity index (χ3n) is 3.05. The first-order valence-corrected chi connectivity index (χ1v) is 6.96. The molecule has 0 radical (unpaired) electrons. The molecule has 0 aliphatic heterocycles. The molecule has 1 heterocycles. The van der Waals surface area contributed by atoms with Crippen LogP contribution < -0.4 is 5.32 Å². The molecule has 0 saturated heterocycles. The third-order valence-corrected chi connectivity index (χ3v) is 4.11. The molecule has 100 valence electrons. The standard InChI is InChI=1S/C14H16N2O2S/c1-10-5-6-12(8-13(10)16(17)18)9-15-11(2)14-4-3-7-19-14/h3-8,11,15H,9H2,1-2H3. The first kappa shape index (κ1) is 13.7. The molecule has 0 fully saturated rings. The van der Waals surface area contributed by atoms with Gasteiger partial charge in [-0.1, -0.05) is 18.2 Å². The largest absolute Gasteiger partial charge is 0.305 e. The molecular weight excluding hydrogens is 260 g/mol. The van der Waals surface area contributed by atoms with Crippen LogP contribution in [0.25, 0.3) is 0 Å². The number of nitrogens with one attached hydrogen (secondary N) is 1. The Labute approximate surface area is 116 Å². The van der Waals surface area contributed by atoms with Crippen LogP contribution in [-0.2, 0) is 6.54 Å². The van der Waals surface area contributed by atoms with Gasteiger partial charge in [0.1, 0.15) is 0 Å². The summed E-state index contributed by atoms with van der Waals surface area (Å²) in [6.07, 6.45) is 0. The number of nitro groups is 1. The van der Waals surface area contributed by atoms with Gasteiger partial charge in [0.25, 0.3) is 5.69 Å². The van der Waals surface area contributed by atoms with Crippen molar-refractivity contribution in [3.8, 4) is 0 Å². The molecule has 1 aromatic carbocycles. The zero-order valence-electron chi connectivity index (χ0n) is 10.9. The maximum Gasteiger partial charge on any atom is 0.272 e. The van der Waals surface area contributed by atoms with Gasteiger partial charge in [-0.05, 0) is 30.9 Å². The van der Waals surface area contributed by atoms with Gasteiger partial charge in [0.15, 0.2) is 0 Å². The molecule has 0 saturated carbocycles. The zero-order chi connectivity index (χ0) is 13.8. The second kappa shape index (κ2) is 5.95. The van der Waals surface area contributed by atoms with Gasteiger partial charge in [-0.2, -0.15) is 0 Å². The quantitative estimate of drug-likeness (QED) is 0.667. The second-order valence-electron chi connectivity index (χ2n) is 4.50. The number of benzene rings is 1. The van der Waals surface area contributed by atoms with Crippen LogP contribution in [0.3, 0.4) is 0 Å². The Morgan fingerprint density at radius 3 is 2.84 bits per heavy atom. The molecule has 0 amide bonds. The normalized spacial score (nSPS) is 12.3. The molecule has 2 rings (SSSR count). The Bertz CT molecular complexity index is 567. The Hall–Kier alpha value is -1.72. The van der Waals surface area contributed by atoms with E-state index < -0.39 is 0 Å². The predicted molar refractivity (Wildman–Crippen MR) is 77.4 cm³/mol. The van der Waals surface area contributed by atoms with Crippen LogP contribution in [0.1, 0.15) is 29.0 Å². The first-order chi connectivity index (χ1) is 9.08. The van der Waals surface area contributed by atoms with E-state index in [-0.39, 0.29) is 16.7 Å². The van der Waals surface area contributed by atoms with Gasteiger partial charge in [-0.15, -0.1) is 11.3 Å². The van der Waals surface area contributed by atoms with E-state index in [4.69, 9.17) is 0 Å². The predicted octanol–water partition coefficient (Wildman–Crippen LogP) is 3.82. The molecule has 1 N–H and O–H groups in total. The summed E-state index contributed by atoms with van der Waals surface area (Å²) >= 11 is 1.71. The maximum atomic E-state index is 10.9. The number of hydrogen-bond acceptors (Lipinski definition) is 4. The van der Waals surface area contributed by atoms with Gasteiger partial charge in [0, 0.05) is 29.1 Å². The molecule has 0 aliphatic carbocycles. The zero-order valence-corrected chi connectivity index (χ0v) is 11.7. The summed E-state index contributed by atoms with van der Waals surface area (Å²) in [7, 11) is 0. The van der Waals surface area contributed by atoms with E-state index in [1.807, 2.05) is 17.5 Å². The van der Waals surface area contributed by atoms with Crippen LogP contribution >= 0.6 is 11.3 Å². The molecule has 0 spiro atoms. The minimum Gasteiger partial charge on any atom is -0.305 e. The monoisotopic (exact) mass is 276 g/mol. The maximum absolute atomic E-state index is 10.9. The van der Waals surface area contributed by atoms with Gasteiger partial charge >= 0.3 is 0 Å². The van der Waals surface area contributed by atoms with Gasteiger partial charge in [0.2, 0.25) is 0 Å². The van der Waals surface area contributed by atoms with Gasteiger partial charge < -0.3 is 5.32 Å². The smallest absolute Gasteiger partial charge is 0.272 e. The topological polar surface area (TPSA) is 55.2 Å². The van der Waals surface area contributed by atoms with E-state index in [1.165, 1.54) is 4.88 Å². The van der Waals surface area contributed by atoms with Gasteiger partial charge in [-0.3, -0.25) is 10.1 Å². The average molecular weight is 276 g/mol.